The van der Waals surface area contributed by atoms with Crippen LogP contribution in [-0.2, 0) is 4.74 Å². The summed E-state index contributed by atoms with van der Waals surface area (Å²) in [6, 6.07) is 7.42. The highest BCUT2D eigenvalue weighted by Gasteiger charge is 2.21. The summed E-state index contributed by atoms with van der Waals surface area (Å²) in [5.74, 6) is 1.01. The van der Waals surface area contributed by atoms with Gasteiger partial charge >= 0.3 is 6.09 Å². The molecule has 3 aromatic rings. The van der Waals surface area contributed by atoms with Crippen molar-refractivity contribution in [2.75, 3.05) is 6.61 Å². The molecule has 0 fully saturated rings. The number of carbonyl (C=O) groups excluding carboxylic acids is 1. The molecule has 1 aromatic carbocycles. The largest absolute Gasteiger partial charge is 0.491 e. The van der Waals surface area contributed by atoms with Crippen LogP contribution in [0.25, 0.3) is 21.7 Å². The maximum Gasteiger partial charge on any atom is 0.407 e. The molecule has 1 atom stereocenters. The molecule has 178 valence electrons. The molecule has 3 rings (SSSR count). The Kier molecular flexibility index (Phi) is 7.30. The number of pyridine rings is 2. The molecule has 0 saturated carbocycles. The van der Waals surface area contributed by atoms with Crippen molar-refractivity contribution in [2.24, 2.45) is 5.92 Å². The van der Waals surface area contributed by atoms with E-state index in [2.05, 4.69) is 24.1 Å². The Morgan fingerprint density at radius 3 is 2.45 bits per heavy atom. The number of rotatable bonds is 7. The first-order chi connectivity index (χ1) is 15.5. The van der Waals surface area contributed by atoms with E-state index in [-0.39, 0.29) is 17.6 Å². The first-order valence-corrected chi connectivity index (χ1v) is 11.5. The second-order valence-electron chi connectivity index (χ2n) is 10.2. The molecule has 0 saturated heterocycles. The summed E-state index contributed by atoms with van der Waals surface area (Å²) in [5.41, 5.74) is 0.179. The molecular weight excluding hydrogens is 418 g/mol. The van der Waals surface area contributed by atoms with Gasteiger partial charge in [-0.05, 0) is 70.5 Å². The van der Waals surface area contributed by atoms with Gasteiger partial charge in [-0.15, -0.1) is 0 Å². The Hall–Kier alpha value is -3.09. The fourth-order valence-electron chi connectivity index (χ4n) is 3.99. The van der Waals surface area contributed by atoms with E-state index in [4.69, 9.17) is 9.47 Å². The quantitative estimate of drug-likeness (QED) is 0.481. The van der Waals surface area contributed by atoms with Crippen molar-refractivity contribution in [3.05, 3.63) is 47.0 Å². The van der Waals surface area contributed by atoms with Crippen LogP contribution in [-0.4, -0.2) is 33.9 Å². The summed E-state index contributed by atoms with van der Waals surface area (Å²) < 4.78 is 13.3. The molecule has 0 aliphatic rings. The molecule has 7 heteroatoms. The van der Waals surface area contributed by atoms with Crippen LogP contribution in [0.2, 0.25) is 0 Å². The second-order valence-corrected chi connectivity index (χ2v) is 10.2. The molecule has 0 aliphatic carbocycles. The van der Waals surface area contributed by atoms with Crippen molar-refractivity contribution in [1.29, 1.82) is 0 Å². The molecule has 0 aliphatic heterocycles. The molecule has 7 nitrogen and oxygen atoms in total. The van der Waals surface area contributed by atoms with Gasteiger partial charge in [0.05, 0.1) is 16.9 Å². The van der Waals surface area contributed by atoms with Gasteiger partial charge in [0.15, 0.2) is 0 Å². The number of amides is 1. The molecule has 33 heavy (non-hydrogen) atoms. The molecule has 0 bridgehead atoms. The van der Waals surface area contributed by atoms with Crippen molar-refractivity contribution in [3.63, 3.8) is 0 Å². The van der Waals surface area contributed by atoms with Crippen molar-refractivity contribution in [2.45, 2.75) is 72.6 Å². The lowest BCUT2D eigenvalue weighted by Gasteiger charge is -2.25. The summed E-state index contributed by atoms with van der Waals surface area (Å²) in [5, 5.41) is 5.37. The minimum atomic E-state index is -0.565. The monoisotopic (exact) mass is 453 g/mol. The number of ether oxygens (including phenoxy) is 2. The van der Waals surface area contributed by atoms with Crippen molar-refractivity contribution < 1.29 is 14.3 Å². The lowest BCUT2D eigenvalue weighted by molar-refractivity contribution is 0.0480. The SMILES string of the molecule is CC(C)CC(COc1ccc2c3ccncc3c(=O)n(C(C)C)c2c1)NC(=O)OC(C)(C)C. The van der Waals surface area contributed by atoms with Gasteiger partial charge < -0.3 is 19.4 Å². The van der Waals surface area contributed by atoms with Gasteiger partial charge in [-0.3, -0.25) is 9.78 Å². The Balaban J connectivity index is 1.90. The first-order valence-electron chi connectivity index (χ1n) is 11.5. The predicted molar refractivity (Wildman–Crippen MR) is 132 cm³/mol. The van der Waals surface area contributed by atoms with E-state index < -0.39 is 11.7 Å². The molecule has 2 heterocycles. The average Bonchev–Trinajstić information content (AvgIpc) is 2.70. The average molecular weight is 454 g/mol. The third-order valence-corrected chi connectivity index (χ3v) is 5.23. The minimum Gasteiger partial charge on any atom is -0.491 e. The molecular formula is C26H35N3O4. The van der Waals surface area contributed by atoms with Gasteiger partial charge in [0.25, 0.3) is 5.56 Å². The van der Waals surface area contributed by atoms with Crippen LogP contribution >= 0.6 is 0 Å². The summed E-state index contributed by atoms with van der Waals surface area (Å²) in [6.07, 6.45) is 3.62. The fraction of sp³-hybridized carbons (Fsp3) is 0.500. The van der Waals surface area contributed by atoms with Crippen LogP contribution in [0.1, 0.15) is 60.9 Å². The molecule has 1 amide bonds. The van der Waals surface area contributed by atoms with Gasteiger partial charge in [0.1, 0.15) is 18.0 Å². The van der Waals surface area contributed by atoms with E-state index in [1.165, 1.54) is 0 Å². The number of fused-ring (bicyclic) bond motifs is 3. The number of aromatic nitrogens is 2. The third kappa shape index (κ3) is 6.03. The Morgan fingerprint density at radius 1 is 1.09 bits per heavy atom. The number of benzene rings is 1. The van der Waals surface area contributed by atoms with Crippen molar-refractivity contribution in [1.82, 2.24) is 14.9 Å². The lowest BCUT2D eigenvalue weighted by Crippen LogP contribution is -2.42. The number of hydrogen-bond acceptors (Lipinski definition) is 5. The standard InChI is InChI=1S/C26H35N3O4/c1-16(2)12-18(28-25(31)33-26(5,6)7)15-32-19-8-9-21-20-10-11-27-14-22(20)24(30)29(17(3)4)23(21)13-19/h8-11,13-14,16-18H,12,15H2,1-7H3,(H,28,31). The van der Waals surface area contributed by atoms with Crippen LogP contribution in [0.5, 0.6) is 5.75 Å². The van der Waals surface area contributed by atoms with Gasteiger partial charge in [0, 0.05) is 29.9 Å². The van der Waals surface area contributed by atoms with Crippen molar-refractivity contribution >= 4 is 27.8 Å². The van der Waals surface area contributed by atoms with E-state index in [0.717, 1.165) is 22.7 Å². The summed E-state index contributed by atoms with van der Waals surface area (Å²) in [6.45, 7) is 14.0. The zero-order valence-electron chi connectivity index (χ0n) is 20.6. The summed E-state index contributed by atoms with van der Waals surface area (Å²) in [7, 11) is 0. The van der Waals surface area contributed by atoms with Crippen LogP contribution in [0.4, 0.5) is 4.79 Å². The Labute approximate surface area is 195 Å². The lowest BCUT2D eigenvalue weighted by atomic mass is 10.0. The van der Waals surface area contributed by atoms with E-state index in [0.29, 0.717) is 23.7 Å². The molecule has 2 aromatic heterocycles. The zero-order valence-corrected chi connectivity index (χ0v) is 20.6. The third-order valence-electron chi connectivity index (χ3n) is 5.23. The van der Waals surface area contributed by atoms with E-state index >= 15 is 0 Å². The van der Waals surface area contributed by atoms with Gasteiger partial charge in [-0.1, -0.05) is 13.8 Å². The Bertz CT molecular complexity index is 1190. The molecule has 0 radical (unpaired) electrons. The smallest absolute Gasteiger partial charge is 0.407 e. The maximum absolute atomic E-state index is 13.1. The topological polar surface area (TPSA) is 82.5 Å². The number of nitrogens with one attached hydrogen (secondary N) is 1. The maximum atomic E-state index is 13.1. The molecule has 0 spiro atoms. The number of alkyl carbamates (subject to hydrolysis) is 1. The summed E-state index contributed by atoms with van der Waals surface area (Å²) >= 11 is 0. The van der Waals surface area contributed by atoms with Crippen molar-refractivity contribution in [3.8, 4) is 5.75 Å². The highest BCUT2D eigenvalue weighted by molar-refractivity contribution is 6.05. The van der Waals surface area contributed by atoms with Crippen LogP contribution in [0, 0.1) is 5.92 Å². The van der Waals surface area contributed by atoms with Crippen LogP contribution < -0.4 is 15.6 Å². The normalized spacial score (nSPS) is 13.0. The Morgan fingerprint density at radius 2 is 1.82 bits per heavy atom. The highest BCUT2D eigenvalue weighted by atomic mass is 16.6. The predicted octanol–water partition coefficient (Wildman–Crippen LogP) is 5.45. The summed E-state index contributed by atoms with van der Waals surface area (Å²) in [4.78, 5) is 29.6. The fourth-order valence-corrected chi connectivity index (χ4v) is 3.99. The van der Waals surface area contributed by atoms with Gasteiger partial charge in [-0.25, -0.2) is 4.79 Å². The zero-order chi connectivity index (χ0) is 24.3. The van der Waals surface area contributed by atoms with E-state index in [1.54, 1.807) is 17.0 Å². The molecule has 1 unspecified atom stereocenters. The highest BCUT2D eigenvalue weighted by Crippen LogP contribution is 2.28. The van der Waals surface area contributed by atoms with E-state index in [9.17, 15) is 9.59 Å². The van der Waals surface area contributed by atoms with Gasteiger partial charge in [-0.2, -0.15) is 0 Å². The second kappa shape index (κ2) is 9.81. The minimum absolute atomic E-state index is 0.0256. The van der Waals surface area contributed by atoms with Gasteiger partial charge in [0.2, 0.25) is 0 Å². The van der Waals surface area contributed by atoms with Crippen LogP contribution in [0.15, 0.2) is 41.5 Å². The molecule has 1 N–H and O–H groups in total. The number of carbonyl (C=O) groups is 1. The number of hydrogen-bond donors (Lipinski definition) is 1. The van der Waals surface area contributed by atoms with Crippen LogP contribution in [0.3, 0.4) is 0 Å². The van der Waals surface area contributed by atoms with E-state index in [1.807, 2.05) is 58.9 Å². The number of nitrogens with zero attached hydrogens (tertiary/aromatic N) is 2. The first kappa shape index (κ1) is 24.6.